The molecule has 0 aliphatic carbocycles. The first-order valence-electron chi connectivity index (χ1n) is 10.4. The molecule has 0 atom stereocenters. The van der Waals surface area contributed by atoms with E-state index >= 15 is 0 Å². The SMILES string of the molecule is Cc1cc2nc(N(Cc3cccnc3)C(=O)CN3C(=O)c4ccccc4C3=O)sc2cc1C. The molecule has 0 N–H and O–H groups in total. The van der Waals surface area contributed by atoms with E-state index in [1.165, 1.54) is 16.2 Å². The summed E-state index contributed by atoms with van der Waals surface area (Å²) in [6.07, 6.45) is 3.35. The average molecular weight is 457 g/mol. The Labute approximate surface area is 194 Å². The number of rotatable bonds is 5. The van der Waals surface area contributed by atoms with Crippen molar-refractivity contribution >= 4 is 44.4 Å². The lowest BCUT2D eigenvalue weighted by Crippen LogP contribution is -2.42. The first-order chi connectivity index (χ1) is 15.9. The van der Waals surface area contributed by atoms with Crippen molar-refractivity contribution in [2.45, 2.75) is 20.4 Å². The molecule has 0 unspecified atom stereocenters. The topological polar surface area (TPSA) is 83.5 Å². The largest absolute Gasteiger partial charge is 0.282 e. The number of hydrogen-bond acceptors (Lipinski definition) is 6. The van der Waals surface area contributed by atoms with Crippen molar-refractivity contribution < 1.29 is 14.4 Å². The minimum atomic E-state index is -0.458. The molecule has 3 amide bonds. The van der Waals surface area contributed by atoms with Crippen LogP contribution in [0.5, 0.6) is 0 Å². The maximum atomic E-state index is 13.5. The Hall–Kier alpha value is -3.91. The first kappa shape index (κ1) is 21.0. The van der Waals surface area contributed by atoms with Gasteiger partial charge in [-0.15, -0.1) is 0 Å². The summed E-state index contributed by atoms with van der Waals surface area (Å²) in [4.78, 5) is 50.4. The molecule has 2 aromatic heterocycles. The standard InChI is InChI=1S/C25H20N4O3S/c1-15-10-20-21(11-16(15)2)33-25(27-20)28(13-17-6-5-9-26-12-17)22(30)14-29-23(31)18-7-3-4-8-19(18)24(29)32/h3-12H,13-14H2,1-2H3. The van der Waals surface area contributed by atoms with Crippen LogP contribution in [0.1, 0.15) is 37.4 Å². The summed E-state index contributed by atoms with van der Waals surface area (Å²) in [5, 5.41) is 0.514. The lowest BCUT2D eigenvalue weighted by Gasteiger charge is -2.22. The van der Waals surface area contributed by atoms with Crippen molar-refractivity contribution in [1.29, 1.82) is 0 Å². The normalized spacial score (nSPS) is 13.0. The van der Waals surface area contributed by atoms with E-state index in [0.717, 1.165) is 31.8 Å². The van der Waals surface area contributed by atoms with Gasteiger partial charge in [0.2, 0.25) is 5.91 Å². The number of imide groups is 1. The predicted octanol–water partition coefficient (Wildman–Crippen LogP) is 4.14. The van der Waals surface area contributed by atoms with Crippen LogP contribution in [0.15, 0.2) is 60.9 Å². The maximum absolute atomic E-state index is 13.5. The van der Waals surface area contributed by atoms with Gasteiger partial charge in [-0.2, -0.15) is 0 Å². The highest BCUT2D eigenvalue weighted by molar-refractivity contribution is 7.22. The van der Waals surface area contributed by atoms with Crippen molar-refractivity contribution in [3.63, 3.8) is 0 Å². The number of carbonyl (C=O) groups excluding carboxylic acids is 3. The Morgan fingerprint density at radius 1 is 1.00 bits per heavy atom. The van der Waals surface area contributed by atoms with Crippen LogP contribution < -0.4 is 4.90 Å². The fraction of sp³-hybridized carbons (Fsp3) is 0.160. The summed E-state index contributed by atoms with van der Waals surface area (Å²) in [6, 6.07) is 14.3. The van der Waals surface area contributed by atoms with Crippen LogP contribution in [0.4, 0.5) is 5.13 Å². The Morgan fingerprint density at radius 3 is 2.36 bits per heavy atom. The van der Waals surface area contributed by atoms with Gasteiger partial charge in [-0.3, -0.25) is 29.2 Å². The van der Waals surface area contributed by atoms with Gasteiger partial charge in [0.15, 0.2) is 5.13 Å². The molecule has 33 heavy (non-hydrogen) atoms. The highest BCUT2D eigenvalue weighted by Crippen LogP contribution is 2.32. The quantitative estimate of drug-likeness (QED) is 0.422. The number of aryl methyl sites for hydroxylation is 2. The van der Waals surface area contributed by atoms with Gasteiger partial charge >= 0.3 is 0 Å². The minimum Gasteiger partial charge on any atom is -0.282 e. The molecule has 1 aliphatic heterocycles. The van der Waals surface area contributed by atoms with Crippen molar-refractivity contribution in [2.75, 3.05) is 11.4 Å². The van der Waals surface area contributed by atoms with Gasteiger partial charge in [-0.25, -0.2) is 4.98 Å². The highest BCUT2D eigenvalue weighted by atomic mass is 32.1. The van der Waals surface area contributed by atoms with Crippen LogP contribution in [0.25, 0.3) is 10.2 Å². The number of carbonyl (C=O) groups is 3. The summed E-state index contributed by atoms with van der Waals surface area (Å²) >= 11 is 1.41. The van der Waals surface area contributed by atoms with E-state index in [4.69, 9.17) is 4.98 Å². The van der Waals surface area contributed by atoms with Gasteiger partial charge in [0.1, 0.15) is 6.54 Å². The molecule has 0 bridgehead atoms. The number of pyridine rings is 1. The molecular formula is C25H20N4O3S. The van der Waals surface area contributed by atoms with Gasteiger partial charge in [0.05, 0.1) is 27.9 Å². The van der Waals surface area contributed by atoms with E-state index in [1.54, 1.807) is 42.7 Å². The lowest BCUT2D eigenvalue weighted by atomic mass is 10.1. The Balaban J connectivity index is 1.49. The number of fused-ring (bicyclic) bond motifs is 2. The fourth-order valence-electron chi connectivity index (χ4n) is 3.82. The summed E-state index contributed by atoms with van der Waals surface area (Å²) < 4.78 is 0.970. The molecule has 0 radical (unpaired) electrons. The zero-order valence-corrected chi connectivity index (χ0v) is 18.9. The number of amides is 3. The summed E-state index contributed by atoms with van der Waals surface area (Å²) in [5.74, 6) is -1.30. The predicted molar refractivity (Wildman–Crippen MR) is 126 cm³/mol. The smallest absolute Gasteiger partial charge is 0.262 e. The van der Waals surface area contributed by atoms with Crippen LogP contribution in [-0.4, -0.2) is 39.1 Å². The molecule has 4 aromatic rings. The van der Waals surface area contributed by atoms with E-state index in [-0.39, 0.29) is 19.0 Å². The molecule has 0 saturated heterocycles. The number of anilines is 1. The molecule has 1 aliphatic rings. The van der Waals surface area contributed by atoms with Crippen LogP contribution in [0.2, 0.25) is 0 Å². The Kier molecular flexibility index (Phi) is 5.22. The van der Waals surface area contributed by atoms with Gasteiger partial charge in [-0.1, -0.05) is 29.5 Å². The molecule has 3 heterocycles. The van der Waals surface area contributed by atoms with E-state index in [1.807, 2.05) is 26.0 Å². The molecule has 8 heteroatoms. The number of aromatic nitrogens is 2. The van der Waals surface area contributed by atoms with Crippen molar-refractivity contribution in [3.05, 3.63) is 88.7 Å². The van der Waals surface area contributed by atoms with E-state index < -0.39 is 11.8 Å². The molecule has 2 aromatic carbocycles. The minimum absolute atomic E-state index is 0.230. The zero-order valence-electron chi connectivity index (χ0n) is 18.1. The van der Waals surface area contributed by atoms with Crippen LogP contribution in [-0.2, 0) is 11.3 Å². The zero-order chi connectivity index (χ0) is 23.1. The van der Waals surface area contributed by atoms with Crippen molar-refractivity contribution in [2.24, 2.45) is 0 Å². The lowest BCUT2D eigenvalue weighted by molar-refractivity contribution is -0.119. The average Bonchev–Trinajstić information content (AvgIpc) is 3.32. The molecule has 0 fully saturated rings. The van der Waals surface area contributed by atoms with E-state index in [0.29, 0.717) is 16.3 Å². The van der Waals surface area contributed by atoms with E-state index in [9.17, 15) is 14.4 Å². The first-order valence-corrected chi connectivity index (χ1v) is 11.3. The number of hydrogen-bond donors (Lipinski definition) is 0. The molecular weight excluding hydrogens is 436 g/mol. The third-order valence-corrected chi connectivity index (χ3v) is 6.80. The monoisotopic (exact) mass is 456 g/mol. The summed E-state index contributed by atoms with van der Waals surface area (Å²) in [6.45, 7) is 3.93. The molecule has 164 valence electrons. The molecule has 7 nitrogen and oxygen atoms in total. The van der Waals surface area contributed by atoms with Gasteiger partial charge in [0.25, 0.3) is 11.8 Å². The van der Waals surface area contributed by atoms with Gasteiger partial charge in [0, 0.05) is 12.4 Å². The van der Waals surface area contributed by atoms with Crippen LogP contribution in [0.3, 0.4) is 0 Å². The van der Waals surface area contributed by atoms with E-state index in [2.05, 4.69) is 11.1 Å². The van der Waals surface area contributed by atoms with Crippen LogP contribution in [0, 0.1) is 13.8 Å². The summed E-state index contributed by atoms with van der Waals surface area (Å²) in [5.41, 5.74) is 4.53. The van der Waals surface area contributed by atoms with Gasteiger partial charge in [-0.05, 0) is 60.9 Å². The molecule has 0 spiro atoms. The van der Waals surface area contributed by atoms with Crippen LogP contribution >= 0.6 is 11.3 Å². The molecule has 0 saturated carbocycles. The second kappa shape index (κ2) is 8.22. The molecule has 5 rings (SSSR count). The number of nitrogens with zero attached hydrogens (tertiary/aromatic N) is 4. The third-order valence-electron chi connectivity index (χ3n) is 5.76. The number of benzene rings is 2. The maximum Gasteiger partial charge on any atom is 0.262 e. The number of thiazole rings is 1. The highest BCUT2D eigenvalue weighted by Gasteiger charge is 2.37. The van der Waals surface area contributed by atoms with Crippen molar-refractivity contribution in [3.8, 4) is 0 Å². The van der Waals surface area contributed by atoms with Gasteiger partial charge < -0.3 is 0 Å². The summed E-state index contributed by atoms with van der Waals surface area (Å²) in [7, 11) is 0. The fourth-order valence-corrected chi connectivity index (χ4v) is 4.89. The second-order valence-corrected chi connectivity index (χ2v) is 8.99. The third kappa shape index (κ3) is 3.78. The Bertz CT molecular complexity index is 1340. The Morgan fingerprint density at radius 2 is 1.70 bits per heavy atom. The van der Waals surface area contributed by atoms with Crippen molar-refractivity contribution in [1.82, 2.24) is 14.9 Å². The second-order valence-electron chi connectivity index (χ2n) is 7.98.